The van der Waals surface area contributed by atoms with Gasteiger partial charge in [0.05, 0.1) is 11.6 Å². The van der Waals surface area contributed by atoms with Crippen molar-refractivity contribution in [1.82, 2.24) is 15.4 Å². The molecule has 0 aliphatic rings. The lowest BCUT2D eigenvalue weighted by Gasteiger charge is -2.14. The third-order valence-corrected chi connectivity index (χ3v) is 4.15. The summed E-state index contributed by atoms with van der Waals surface area (Å²) in [6, 6.07) is 9.47. The van der Waals surface area contributed by atoms with E-state index in [-0.39, 0.29) is 18.1 Å². The van der Waals surface area contributed by atoms with Crippen molar-refractivity contribution in [2.24, 2.45) is 5.73 Å². The molecule has 3 N–H and O–H groups in total. The standard InChI is InChI=1S/C17H14BrFN4O3/c1-25-13-7-10(14-15(17(20)24)22-23-21-14)6-12(18)16(13)26-8-9-3-2-4-11(19)5-9/h2-7H,8H2,1H3,(H2,20,24)(H,21,22,23). The first-order chi connectivity index (χ1) is 12.5. The van der Waals surface area contributed by atoms with E-state index in [0.29, 0.717) is 32.8 Å². The summed E-state index contributed by atoms with van der Waals surface area (Å²) < 4.78 is 25.0. The van der Waals surface area contributed by atoms with E-state index in [1.165, 1.54) is 19.2 Å². The number of benzene rings is 2. The molecule has 0 bridgehead atoms. The van der Waals surface area contributed by atoms with Gasteiger partial charge >= 0.3 is 0 Å². The summed E-state index contributed by atoms with van der Waals surface area (Å²) in [6.07, 6.45) is 0. The monoisotopic (exact) mass is 420 g/mol. The van der Waals surface area contributed by atoms with Crippen molar-refractivity contribution in [3.63, 3.8) is 0 Å². The van der Waals surface area contributed by atoms with Gasteiger partial charge in [0.25, 0.3) is 5.91 Å². The maximum Gasteiger partial charge on any atom is 0.271 e. The number of carbonyl (C=O) groups is 1. The number of nitrogens with zero attached hydrogens (tertiary/aromatic N) is 2. The minimum atomic E-state index is -0.699. The van der Waals surface area contributed by atoms with Crippen LogP contribution in [0.2, 0.25) is 0 Å². The van der Waals surface area contributed by atoms with Crippen LogP contribution in [0.1, 0.15) is 16.1 Å². The zero-order valence-electron chi connectivity index (χ0n) is 13.6. The molecular formula is C17H14BrFN4O3. The molecule has 0 aliphatic carbocycles. The fourth-order valence-corrected chi connectivity index (χ4v) is 2.94. The Balaban J connectivity index is 1.92. The lowest BCUT2D eigenvalue weighted by atomic mass is 10.1. The molecule has 0 aliphatic heterocycles. The molecule has 1 aromatic heterocycles. The first-order valence-corrected chi connectivity index (χ1v) is 8.24. The summed E-state index contributed by atoms with van der Waals surface area (Å²) >= 11 is 3.42. The summed E-state index contributed by atoms with van der Waals surface area (Å²) in [5.74, 6) is -0.193. The minimum absolute atomic E-state index is 0.0207. The number of halogens is 2. The van der Waals surface area contributed by atoms with Gasteiger partial charge in [0.15, 0.2) is 17.2 Å². The highest BCUT2D eigenvalue weighted by molar-refractivity contribution is 9.10. The fourth-order valence-electron chi connectivity index (χ4n) is 2.38. The molecule has 9 heteroatoms. The number of hydrogen-bond acceptors (Lipinski definition) is 5. The second kappa shape index (κ2) is 7.52. The number of hydrogen-bond donors (Lipinski definition) is 2. The zero-order valence-corrected chi connectivity index (χ0v) is 15.2. The van der Waals surface area contributed by atoms with E-state index in [0.717, 1.165) is 0 Å². The number of aromatic amines is 1. The van der Waals surface area contributed by atoms with Gasteiger partial charge in [0, 0.05) is 5.56 Å². The normalized spacial score (nSPS) is 10.6. The predicted octanol–water partition coefficient (Wildman–Crippen LogP) is 3.06. The molecule has 26 heavy (non-hydrogen) atoms. The number of nitrogens with one attached hydrogen (secondary N) is 1. The van der Waals surface area contributed by atoms with Gasteiger partial charge in [-0.15, -0.1) is 0 Å². The maximum atomic E-state index is 13.3. The second-order valence-electron chi connectivity index (χ2n) is 5.29. The smallest absolute Gasteiger partial charge is 0.271 e. The Morgan fingerprint density at radius 3 is 2.81 bits per heavy atom. The Morgan fingerprint density at radius 1 is 1.31 bits per heavy atom. The van der Waals surface area contributed by atoms with E-state index >= 15 is 0 Å². The fraction of sp³-hybridized carbons (Fsp3) is 0.118. The largest absolute Gasteiger partial charge is 0.493 e. The molecule has 0 atom stereocenters. The van der Waals surface area contributed by atoms with E-state index < -0.39 is 5.91 Å². The molecule has 134 valence electrons. The first kappa shape index (κ1) is 17.9. The molecule has 0 spiro atoms. The summed E-state index contributed by atoms with van der Waals surface area (Å²) in [5.41, 5.74) is 6.86. The molecule has 0 unspecified atom stereocenters. The summed E-state index contributed by atoms with van der Waals surface area (Å²) in [7, 11) is 1.48. The SMILES string of the molecule is COc1cc(-c2n[nH]nc2C(N)=O)cc(Br)c1OCc1cccc(F)c1. The molecule has 1 heterocycles. The number of aromatic nitrogens is 3. The number of amides is 1. The van der Waals surface area contributed by atoms with Crippen LogP contribution in [-0.2, 0) is 6.61 Å². The molecule has 7 nitrogen and oxygen atoms in total. The van der Waals surface area contributed by atoms with Crippen LogP contribution < -0.4 is 15.2 Å². The van der Waals surface area contributed by atoms with E-state index in [1.807, 2.05) is 0 Å². The molecule has 2 aromatic carbocycles. The molecular weight excluding hydrogens is 407 g/mol. The summed E-state index contributed by atoms with van der Waals surface area (Å²) in [4.78, 5) is 11.5. The van der Waals surface area contributed by atoms with Gasteiger partial charge in [-0.3, -0.25) is 4.79 Å². The lowest BCUT2D eigenvalue weighted by Crippen LogP contribution is -2.12. The number of primary amides is 1. The Bertz CT molecular complexity index is 961. The van der Waals surface area contributed by atoms with Crippen LogP contribution in [0.5, 0.6) is 11.5 Å². The molecule has 3 rings (SSSR count). The van der Waals surface area contributed by atoms with Gasteiger partial charge < -0.3 is 15.2 Å². The Morgan fingerprint density at radius 2 is 2.12 bits per heavy atom. The van der Waals surface area contributed by atoms with Gasteiger partial charge in [-0.05, 0) is 45.8 Å². The van der Waals surface area contributed by atoms with E-state index in [1.54, 1.807) is 24.3 Å². The second-order valence-corrected chi connectivity index (χ2v) is 6.15. The predicted molar refractivity (Wildman–Crippen MR) is 95.3 cm³/mol. The van der Waals surface area contributed by atoms with Crippen LogP contribution in [0.4, 0.5) is 4.39 Å². The minimum Gasteiger partial charge on any atom is -0.493 e. The first-order valence-electron chi connectivity index (χ1n) is 7.45. The van der Waals surface area contributed by atoms with Crippen molar-refractivity contribution in [3.05, 3.63) is 57.9 Å². The maximum absolute atomic E-state index is 13.3. The van der Waals surface area contributed by atoms with E-state index in [2.05, 4.69) is 31.3 Å². The topological polar surface area (TPSA) is 103 Å². The van der Waals surface area contributed by atoms with Crippen LogP contribution in [-0.4, -0.2) is 28.4 Å². The highest BCUT2D eigenvalue weighted by Crippen LogP contribution is 2.40. The van der Waals surface area contributed by atoms with Crippen LogP contribution in [0.15, 0.2) is 40.9 Å². The van der Waals surface area contributed by atoms with Crippen LogP contribution in [0.25, 0.3) is 11.3 Å². The number of carbonyl (C=O) groups excluding carboxylic acids is 1. The number of nitrogens with two attached hydrogens (primary N) is 1. The van der Waals surface area contributed by atoms with Crippen molar-refractivity contribution in [2.75, 3.05) is 7.11 Å². The third kappa shape index (κ3) is 3.67. The van der Waals surface area contributed by atoms with Gasteiger partial charge in [-0.1, -0.05) is 12.1 Å². The van der Waals surface area contributed by atoms with Gasteiger partial charge in [-0.2, -0.15) is 15.4 Å². The van der Waals surface area contributed by atoms with Gasteiger partial charge in [-0.25, -0.2) is 4.39 Å². The molecule has 3 aromatic rings. The average Bonchev–Trinajstić information content (AvgIpc) is 3.10. The van der Waals surface area contributed by atoms with Gasteiger partial charge in [0.2, 0.25) is 0 Å². The van der Waals surface area contributed by atoms with Gasteiger partial charge in [0.1, 0.15) is 18.1 Å². The Labute approximate surface area is 156 Å². The van der Waals surface area contributed by atoms with Crippen LogP contribution >= 0.6 is 15.9 Å². The highest BCUT2D eigenvalue weighted by Gasteiger charge is 2.19. The molecule has 0 saturated carbocycles. The van der Waals surface area contributed by atoms with Crippen molar-refractivity contribution in [3.8, 4) is 22.8 Å². The summed E-state index contributed by atoms with van der Waals surface area (Å²) in [5, 5.41) is 10.1. The quantitative estimate of drug-likeness (QED) is 0.637. The molecule has 0 saturated heterocycles. The average molecular weight is 421 g/mol. The van der Waals surface area contributed by atoms with Crippen molar-refractivity contribution in [2.45, 2.75) is 6.61 Å². The number of rotatable bonds is 6. The Hall–Kier alpha value is -2.94. The van der Waals surface area contributed by atoms with Crippen LogP contribution in [0.3, 0.4) is 0 Å². The number of methoxy groups -OCH3 is 1. The zero-order chi connectivity index (χ0) is 18.7. The summed E-state index contributed by atoms with van der Waals surface area (Å²) in [6.45, 7) is 0.155. The Kier molecular flexibility index (Phi) is 5.17. The number of ether oxygens (including phenoxy) is 2. The van der Waals surface area contributed by atoms with Crippen molar-refractivity contribution < 1.29 is 18.7 Å². The van der Waals surface area contributed by atoms with Crippen molar-refractivity contribution in [1.29, 1.82) is 0 Å². The van der Waals surface area contributed by atoms with E-state index in [4.69, 9.17) is 15.2 Å². The van der Waals surface area contributed by atoms with E-state index in [9.17, 15) is 9.18 Å². The molecule has 0 radical (unpaired) electrons. The number of H-pyrrole nitrogens is 1. The lowest BCUT2D eigenvalue weighted by molar-refractivity contribution is 0.0996. The van der Waals surface area contributed by atoms with Crippen LogP contribution in [0, 0.1) is 5.82 Å². The molecule has 0 fully saturated rings. The molecule has 1 amide bonds. The van der Waals surface area contributed by atoms with Crippen molar-refractivity contribution >= 4 is 21.8 Å². The third-order valence-electron chi connectivity index (χ3n) is 3.56. The highest BCUT2D eigenvalue weighted by atomic mass is 79.9.